The van der Waals surface area contributed by atoms with E-state index >= 15 is 0 Å². The number of aromatic amines is 1. The van der Waals surface area contributed by atoms with E-state index in [1.54, 1.807) is 29.2 Å². The molecule has 0 aliphatic heterocycles. The number of fused-ring (bicyclic) bond motifs is 1. The smallest absolute Gasteiger partial charge is 0.254 e. The van der Waals surface area contributed by atoms with Gasteiger partial charge in [0.2, 0.25) is 5.91 Å². The molecule has 1 heterocycles. The number of nitrogens with one attached hydrogen (secondary N) is 1. The summed E-state index contributed by atoms with van der Waals surface area (Å²) >= 11 is 6.01. The number of hydrogen-bond acceptors (Lipinski definition) is 2. The van der Waals surface area contributed by atoms with Crippen molar-refractivity contribution in [2.45, 2.75) is 38.8 Å². The molecule has 1 aliphatic rings. The fraction of sp³-hybridized carbons (Fsp3) is 0.267. The van der Waals surface area contributed by atoms with Gasteiger partial charge in [0, 0.05) is 46.8 Å². The second-order valence-electron chi connectivity index (χ2n) is 9.58. The average Bonchev–Trinajstić information content (AvgIpc) is 3.65. The van der Waals surface area contributed by atoms with Gasteiger partial charge in [-0.1, -0.05) is 59.6 Å². The molecule has 36 heavy (non-hydrogen) atoms. The Morgan fingerprint density at radius 2 is 1.69 bits per heavy atom. The highest BCUT2D eigenvalue weighted by atomic mass is 35.5. The van der Waals surface area contributed by atoms with Crippen molar-refractivity contribution in [1.29, 1.82) is 0 Å². The number of halogens is 1. The number of amides is 2. The summed E-state index contributed by atoms with van der Waals surface area (Å²) in [6, 6.07) is 23.5. The van der Waals surface area contributed by atoms with Crippen molar-refractivity contribution in [2.75, 3.05) is 13.1 Å². The Kier molecular flexibility index (Phi) is 7.10. The van der Waals surface area contributed by atoms with Crippen LogP contribution in [0.2, 0.25) is 5.02 Å². The molecule has 1 aromatic heterocycles. The van der Waals surface area contributed by atoms with Crippen molar-refractivity contribution in [3.05, 3.63) is 106 Å². The zero-order chi connectivity index (χ0) is 25.1. The van der Waals surface area contributed by atoms with Crippen LogP contribution in [0.25, 0.3) is 10.9 Å². The second kappa shape index (κ2) is 10.6. The van der Waals surface area contributed by atoms with Crippen LogP contribution >= 0.6 is 11.6 Å². The molecule has 0 unspecified atom stereocenters. The molecular formula is C30H30ClN3O2. The summed E-state index contributed by atoms with van der Waals surface area (Å²) in [7, 11) is 0. The minimum Gasteiger partial charge on any atom is -0.361 e. The second-order valence-corrected chi connectivity index (χ2v) is 10.0. The Morgan fingerprint density at radius 3 is 2.42 bits per heavy atom. The molecule has 6 heteroatoms. The molecule has 5 rings (SSSR count). The molecule has 2 amide bonds. The summed E-state index contributed by atoms with van der Waals surface area (Å²) in [6.07, 6.45) is 4.62. The van der Waals surface area contributed by atoms with Crippen LogP contribution in [0, 0.1) is 6.92 Å². The minimum absolute atomic E-state index is 0.0374. The molecule has 5 nitrogen and oxygen atoms in total. The minimum atomic E-state index is -0.116. The lowest BCUT2D eigenvalue weighted by Crippen LogP contribution is -2.44. The Labute approximate surface area is 216 Å². The van der Waals surface area contributed by atoms with Gasteiger partial charge in [0.1, 0.15) is 6.54 Å². The van der Waals surface area contributed by atoms with Crippen molar-refractivity contribution in [1.82, 2.24) is 14.8 Å². The topological polar surface area (TPSA) is 56.4 Å². The third-order valence-corrected chi connectivity index (χ3v) is 7.07. The van der Waals surface area contributed by atoms with Crippen molar-refractivity contribution in [2.24, 2.45) is 0 Å². The van der Waals surface area contributed by atoms with E-state index in [0.29, 0.717) is 23.7 Å². The molecule has 0 atom stereocenters. The lowest BCUT2D eigenvalue weighted by Gasteiger charge is -2.28. The number of carbonyl (C=O) groups is 2. The fourth-order valence-electron chi connectivity index (χ4n) is 4.56. The molecule has 184 valence electrons. The number of rotatable bonds is 9. The number of aryl methyl sites for hydroxylation is 1. The standard InChI is InChI=1S/C30H30ClN3O2/c1-21-6-8-22(9-7-21)19-33(17-16-24-18-32-28-5-3-2-4-27(24)28)29(35)20-34(26-14-15-26)30(36)23-10-12-25(31)13-11-23/h2-13,18,26,32H,14-17,19-20H2,1H3. The molecule has 1 aliphatic carbocycles. The van der Waals surface area contributed by atoms with Crippen molar-refractivity contribution < 1.29 is 9.59 Å². The molecular weight excluding hydrogens is 470 g/mol. The van der Waals surface area contributed by atoms with Crippen LogP contribution in [0.15, 0.2) is 79.0 Å². The molecule has 0 saturated heterocycles. The van der Waals surface area contributed by atoms with E-state index in [9.17, 15) is 9.59 Å². The fourth-order valence-corrected chi connectivity index (χ4v) is 4.68. The third-order valence-electron chi connectivity index (χ3n) is 6.82. The molecule has 1 N–H and O–H groups in total. The van der Waals surface area contributed by atoms with Gasteiger partial charge in [-0.05, 0) is 67.6 Å². The number of aromatic nitrogens is 1. The van der Waals surface area contributed by atoms with Gasteiger partial charge in [-0.3, -0.25) is 9.59 Å². The number of carbonyl (C=O) groups excluding carboxylic acids is 2. The van der Waals surface area contributed by atoms with E-state index in [1.165, 1.54) is 16.5 Å². The van der Waals surface area contributed by atoms with E-state index in [1.807, 2.05) is 23.2 Å². The van der Waals surface area contributed by atoms with Gasteiger partial charge in [-0.2, -0.15) is 0 Å². The van der Waals surface area contributed by atoms with E-state index < -0.39 is 0 Å². The molecule has 1 fully saturated rings. The number of benzene rings is 3. The first kappa shape index (κ1) is 24.1. The van der Waals surface area contributed by atoms with E-state index in [0.717, 1.165) is 30.3 Å². The average molecular weight is 500 g/mol. The maximum atomic E-state index is 13.7. The molecule has 0 radical (unpaired) electrons. The summed E-state index contributed by atoms with van der Waals surface area (Å²) < 4.78 is 0. The zero-order valence-corrected chi connectivity index (χ0v) is 21.2. The number of nitrogens with zero attached hydrogens (tertiary/aromatic N) is 2. The predicted octanol–water partition coefficient (Wildman–Crippen LogP) is 6.01. The van der Waals surface area contributed by atoms with Crippen molar-refractivity contribution in [3.63, 3.8) is 0 Å². The normalized spacial score (nSPS) is 13.1. The summed E-state index contributed by atoms with van der Waals surface area (Å²) in [5.41, 5.74) is 5.10. The van der Waals surface area contributed by atoms with Gasteiger partial charge in [0.15, 0.2) is 0 Å². The Bertz CT molecular complexity index is 1360. The highest BCUT2D eigenvalue weighted by molar-refractivity contribution is 6.30. The Morgan fingerprint density at radius 1 is 0.972 bits per heavy atom. The third kappa shape index (κ3) is 5.63. The first-order valence-electron chi connectivity index (χ1n) is 12.4. The van der Waals surface area contributed by atoms with Gasteiger partial charge in [0.25, 0.3) is 5.91 Å². The highest BCUT2D eigenvalue weighted by Crippen LogP contribution is 2.29. The predicted molar refractivity (Wildman–Crippen MR) is 144 cm³/mol. The van der Waals surface area contributed by atoms with Crippen LogP contribution in [0.3, 0.4) is 0 Å². The summed E-state index contributed by atoms with van der Waals surface area (Å²) in [5, 5.41) is 1.76. The SMILES string of the molecule is Cc1ccc(CN(CCc2c[nH]c3ccccc23)C(=O)CN(C(=O)c2ccc(Cl)cc2)C2CC2)cc1. The van der Waals surface area contributed by atoms with Gasteiger partial charge in [-0.25, -0.2) is 0 Å². The maximum Gasteiger partial charge on any atom is 0.254 e. The molecule has 1 saturated carbocycles. The van der Waals surface area contributed by atoms with Gasteiger partial charge < -0.3 is 14.8 Å². The van der Waals surface area contributed by atoms with Crippen LogP contribution in [-0.2, 0) is 17.8 Å². The van der Waals surface area contributed by atoms with Gasteiger partial charge in [0.05, 0.1) is 0 Å². The molecule has 0 spiro atoms. The summed E-state index contributed by atoms with van der Waals surface area (Å²) in [5.74, 6) is -0.154. The van der Waals surface area contributed by atoms with Crippen molar-refractivity contribution in [3.8, 4) is 0 Å². The monoisotopic (exact) mass is 499 g/mol. The lowest BCUT2D eigenvalue weighted by molar-refractivity contribution is -0.132. The molecule has 0 bridgehead atoms. The van der Waals surface area contributed by atoms with E-state index in [-0.39, 0.29) is 24.4 Å². The number of para-hydroxylation sites is 1. The van der Waals surface area contributed by atoms with Gasteiger partial charge in [-0.15, -0.1) is 0 Å². The lowest BCUT2D eigenvalue weighted by atomic mass is 10.1. The quantitative estimate of drug-likeness (QED) is 0.307. The Balaban J connectivity index is 1.35. The van der Waals surface area contributed by atoms with Crippen LogP contribution < -0.4 is 0 Å². The maximum absolute atomic E-state index is 13.7. The first-order valence-corrected chi connectivity index (χ1v) is 12.8. The largest absolute Gasteiger partial charge is 0.361 e. The van der Waals surface area contributed by atoms with Gasteiger partial charge >= 0.3 is 0 Å². The van der Waals surface area contributed by atoms with Crippen molar-refractivity contribution >= 4 is 34.3 Å². The Hall–Kier alpha value is -3.57. The van der Waals surface area contributed by atoms with Crippen LogP contribution in [0.1, 0.15) is 39.9 Å². The highest BCUT2D eigenvalue weighted by Gasteiger charge is 2.35. The molecule has 3 aromatic carbocycles. The summed E-state index contributed by atoms with van der Waals surface area (Å²) in [6.45, 7) is 3.21. The van der Waals surface area contributed by atoms with Crippen LogP contribution in [0.4, 0.5) is 0 Å². The first-order chi connectivity index (χ1) is 17.5. The molecule has 4 aromatic rings. The number of H-pyrrole nitrogens is 1. The van der Waals surface area contributed by atoms with Crippen LogP contribution in [0.5, 0.6) is 0 Å². The zero-order valence-electron chi connectivity index (χ0n) is 20.4. The van der Waals surface area contributed by atoms with E-state index in [4.69, 9.17) is 11.6 Å². The summed E-state index contributed by atoms with van der Waals surface area (Å²) in [4.78, 5) is 33.9. The number of hydrogen-bond donors (Lipinski definition) is 1. The van der Waals surface area contributed by atoms with Crippen LogP contribution in [-0.4, -0.2) is 45.7 Å². The van der Waals surface area contributed by atoms with E-state index in [2.05, 4.69) is 48.3 Å².